The first-order valence-electron chi connectivity index (χ1n) is 11.4. The SMILES string of the molecule is C[C@@H]1CN(c2cccc(CNc3ncnc4[nH]cc(C5(O)CCOCC5F)c34)n2)C[C@H](C)N1. The van der Waals surface area contributed by atoms with Gasteiger partial charge in [-0.25, -0.2) is 19.3 Å². The van der Waals surface area contributed by atoms with Crippen molar-refractivity contribution in [3.8, 4) is 0 Å². The van der Waals surface area contributed by atoms with E-state index in [0.29, 0.717) is 47.7 Å². The van der Waals surface area contributed by atoms with Crippen LogP contribution in [0.4, 0.5) is 16.0 Å². The molecule has 0 aliphatic carbocycles. The van der Waals surface area contributed by atoms with E-state index in [9.17, 15) is 9.50 Å². The van der Waals surface area contributed by atoms with Crippen LogP contribution in [-0.2, 0) is 16.9 Å². The monoisotopic (exact) mass is 455 g/mol. The molecule has 0 aromatic carbocycles. The lowest BCUT2D eigenvalue weighted by molar-refractivity contribution is -0.126. The van der Waals surface area contributed by atoms with Crippen molar-refractivity contribution in [3.63, 3.8) is 0 Å². The van der Waals surface area contributed by atoms with Gasteiger partial charge in [0, 0.05) is 50.0 Å². The number of ether oxygens (including phenoxy) is 1. The smallest absolute Gasteiger partial charge is 0.156 e. The standard InChI is InChI=1S/C23H30FN7O2/c1-14-10-31(11-15(2)29-14)19-5-3-4-16(30-19)8-25-21-20-17(9-26-22(20)28-13-27-21)23(32)6-7-33-12-18(23)24/h3-5,9,13-15,18,29,32H,6-8,10-12H2,1-2H3,(H2,25,26,27,28)/t14-,15+,18?,23?. The molecule has 2 aliphatic rings. The van der Waals surface area contributed by atoms with Gasteiger partial charge in [-0.2, -0.15) is 0 Å². The number of fused-ring (bicyclic) bond motifs is 1. The Labute approximate surface area is 191 Å². The number of halogens is 1. The summed E-state index contributed by atoms with van der Waals surface area (Å²) in [5, 5.41) is 18.6. The van der Waals surface area contributed by atoms with E-state index >= 15 is 0 Å². The molecule has 0 saturated carbocycles. The number of piperazine rings is 1. The minimum atomic E-state index is -1.65. The minimum Gasteiger partial charge on any atom is -0.382 e. The Morgan fingerprint density at radius 1 is 1.27 bits per heavy atom. The highest BCUT2D eigenvalue weighted by molar-refractivity contribution is 5.91. The van der Waals surface area contributed by atoms with Crippen LogP contribution in [0.1, 0.15) is 31.5 Å². The molecular formula is C23H30FN7O2. The number of hydrogen-bond acceptors (Lipinski definition) is 8. The van der Waals surface area contributed by atoms with Crippen LogP contribution in [-0.4, -0.2) is 69.6 Å². The van der Waals surface area contributed by atoms with Crippen molar-refractivity contribution in [2.45, 2.75) is 50.7 Å². The zero-order valence-electron chi connectivity index (χ0n) is 18.9. The molecule has 3 aromatic heterocycles. The number of nitrogens with zero attached hydrogens (tertiary/aromatic N) is 4. The highest BCUT2D eigenvalue weighted by atomic mass is 19.1. The summed E-state index contributed by atoms with van der Waals surface area (Å²) in [6.45, 7) is 6.75. The normalized spacial score (nSPS) is 28.2. The van der Waals surface area contributed by atoms with Crippen molar-refractivity contribution < 1.29 is 14.2 Å². The van der Waals surface area contributed by atoms with Gasteiger partial charge in [0.25, 0.3) is 0 Å². The summed E-state index contributed by atoms with van der Waals surface area (Å²) in [6, 6.07) is 6.80. The summed E-state index contributed by atoms with van der Waals surface area (Å²) in [5.74, 6) is 1.47. The molecule has 9 nitrogen and oxygen atoms in total. The van der Waals surface area contributed by atoms with E-state index in [0.717, 1.165) is 24.6 Å². The van der Waals surface area contributed by atoms with E-state index in [1.165, 1.54) is 6.33 Å². The molecule has 5 rings (SSSR count). The fraction of sp³-hybridized carbons (Fsp3) is 0.522. The molecule has 2 unspecified atom stereocenters. The highest BCUT2D eigenvalue weighted by Gasteiger charge is 2.44. The van der Waals surface area contributed by atoms with Crippen LogP contribution in [0.25, 0.3) is 11.0 Å². The van der Waals surface area contributed by atoms with Crippen LogP contribution in [0.2, 0.25) is 0 Å². The fourth-order valence-corrected chi connectivity index (χ4v) is 4.88. The fourth-order valence-electron chi connectivity index (χ4n) is 4.88. The molecule has 0 radical (unpaired) electrons. The molecule has 0 spiro atoms. The van der Waals surface area contributed by atoms with Crippen LogP contribution in [0.3, 0.4) is 0 Å². The molecule has 0 bridgehead atoms. The summed E-state index contributed by atoms with van der Waals surface area (Å²) in [4.78, 5) is 18.8. The number of pyridine rings is 1. The summed E-state index contributed by atoms with van der Waals surface area (Å²) >= 11 is 0. The summed E-state index contributed by atoms with van der Waals surface area (Å²) in [5.41, 5.74) is 0.205. The number of nitrogens with one attached hydrogen (secondary N) is 3. The lowest BCUT2D eigenvalue weighted by Crippen LogP contribution is -2.54. The van der Waals surface area contributed by atoms with Gasteiger partial charge in [-0.15, -0.1) is 0 Å². The molecule has 176 valence electrons. The van der Waals surface area contributed by atoms with Crippen molar-refractivity contribution in [1.29, 1.82) is 0 Å². The molecule has 5 heterocycles. The number of aliphatic hydroxyl groups is 1. The molecule has 2 saturated heterocycles. The molecule has 3 aromatic rings. The van der Waals surface area contributed by atoms with Crippen LogP contribution in [0.15, 0.2) is 30.7 Å². The average molecular weight is 456 g/mol. The van der Waals surface area contributed by atoms with Crippen LogP contribution in [0.5, 0.6) is 0 Å². The third-order valence-corrected chi connectivity index (χ3v) is 6.46. The predicted molar refractivity (Wildman–Crippen MR) is 124 cm³/mol. The Hall–Kier alpha value is -2.82. The van der Waals surface area contributed by atoms with Crippen molar-refractivity contribution in [3.05, 3.63) is 42.0 Å². The van der Waals surface area contributed by atoms with Gasteiger partial charge in [0.05, 0.1) is 24.2 Å². The minimum absolute atomic E-state index is 0.139. The molecule has 4 N–H and O–H groups in total. The van der Waals surface area contributed by atoms with Gasteiger partial charge in [0.1, 0.15) is 29.2 Å². The van der Waals surface area contributed by atoms with Crippen molar-refractivity contribution in [1.82, 2.24) is 25.3 Å². The molecule has 4 atom stereocenters. The lowest BCUT2D eigenvalue weighted by atomic mass is 9.85. The Morgan fingerprint density at radius 3 is 2.88 bits per heavy atom. The first kappa shape index (κ1) is 22.0. The zero-order chi connectivity index (χ0) is 23.0. The van der Waals surface area contributed by atoms with E-state index in [2.05, 4.69) is 44.3 Å². The molecule has 2 fully saturated rings. The molecule has 0 amide bonds. The van der Waals surface area contributed by atoms with E-state index in [1.807, 2.05) is 18.2 Å². The Morgan fingerprint density at radius 2 is 2.09 bits per heavy atom. The number of rotatable bonds is 5. The van der Waals surface area contributed by atoms with E-state index in [4.69, 9.17) is 9.72 Å². The van der Waals surface area contributed by atoms with Crippen molar-refractivity contribution in [2.75, 3.05) is 36.5 Å². The van der Waals surface area contributed by atoms with Gasteiger partial charge in [-0.1, -0.05) is 6.07 Å². The maximum Gasteiger partial charge on any atom is 0.156 e. The number of aromatic nitrogens is 4. The number of anilines is 2. The van der Waals surface area contributed by atoms with Gasteiger partial charge >= 0.3 is 0 Å². The summed E-state index contributed by atoms with van der Waals surface area (Å²) in [6.07, 6.45) is 1.70. The second kappa shape index (κ2) is 8.85. The maximum absolute atomic E-state index is 14.7. The van der Waals surface area contributed by atoms with Gasteiger partial charge in [-0.05, 0) is 26.0 Å². The Balaban J connectivity index is 1.39. The van der Waals surface area contributed by atoms with E-state index in [1.54, 1.807) is 6.20 Å². The zero-order valence-corrected chi connectivity index (χ0v) is 18.9. The van der Waals surface area contributed by atoms with E-state index < -0.39 is 11.8 Å². The second-order valence-electron chi connectivity index (χ2n) is 9.08. The summed E-state index contributed by atoms with van der Waals surface area (Å²) in [7, 11) is 0. The van der Waals surface area contributed by atoms with Crippen LogP contribution < -0.4 is 15.5 Å². The quantitative estimate of drug-likeness (QED) is 0.463. The molecule has 33 heavy (non-hydrogen) atoms. The average Bonchev–Trinajstić information content (AvgIpc) is 3.25. The Kier molecular flexibility index (Phi) is 5.90. The largest absolute Gasteiger partial charge is 0.382 e. The number of alkyl halides is 1. The topological polar surface area (TPSA) is 111 Å². The highest BCUT2D eigenvalue weighted by Crippen LogP contribution is 2.39. The van der Waals surface area contributed by atoms with Gasteiger partial charge in [-0.3, -0.25) is 0 Å². The van der Waals surface area contributed by atoms with Crippen molar-refractivity contribution in [2.24, 2.45) is 0 Å². The maximum atomic E-state index is 14.7. The second-order valence-corrected chi connectivity index (χ2v) is 9.08. The van der Waals surface area contributed by atoms with Gasteiger partial charge in [0.15, 0.2) is 6.17 Å². The third-order valence-electron chi connectivity index (χ3n) is 6.46. The number of aromatic amines is 1. The van der Waals surface area contributed by atoms with Crippen LogP contribution in [0, 0.1) is 0 Å². The molecule has 2 aliphatic heterocycles. The van der Waals surface area contributed by atoms with Gasteiger partial charge in [0.2, 0.25) is 0 Å². The Bertz CT molecular complexity index is 1120. The van der Waals surface area contributed by atoms with Crippen LogP contribution >= 0.6 is 0 Å². The number of hydrogen-bond donors (Lipinski definition) is 4. The first-order valence-corrected chi connectivity index (χ1v) is 11.4. The predicted octanol–water partition coefficient (Wildman–Crippen LogP) is 2.10. The lowest BCUT2D eigenvalue weighted by Gasteiger charge is -2.37. The molecule has 10 heteroatoms. The summed E-state index contributed by atoms with van der Waals surface area (Å²) < 4.78 is 19.9. The molecular weight excluding hydrogens is 425 g/mol. The first-order chi connectivity index (χ1) is 15.9. The van der Waals surface area contributed by atoms with Gasteiger partial charge < -0.3 is 30.4 Å². The number of H-pyrrole nitrogens is 1. The van der Waals surface area contributed by atoms with E-state index in [-0.39, 0.29) is 13.0 Å². The van der Waals surface area contributed by atoms with Crippen molar-refractivity contribution >= 4 is 22.7 Å². The third kappa shape index (κ3) is 4.25.